The standard InChI is InChI=1S/C22H29N/c1-2-13-14(4-3-7-23)16-9-15(13)21-17-10-18(22(16)21)20-12-6-5-11(8-12)19(17)20/h5-6,11-22H,2-4,8-10H2,1H3. The minimum atomic E-state index is 0.801. The van der Waals surface area contributed by atoms with E-state index in [1.807, 2.05) is 0 Å². The third-order valence-electron chi connectivity index (χ3n) is 9.79. The summed E-state index contributed by atoms with van der Waals surface area (Å²) < 4.78 is 0. The lowest BCUT2D eigenvalue weighted by Crippen LogP contribution is -2.44. The average Bonchev–Trinajstić information content (AvgIpc) is 3.37. The van der Waals surface area contributed by atoms with Gasteiger partial charge in [0.1, 0.15) is 0 Å². The van der Waals surface area contributed by atoms with E-state index in [1.165, 1.54) is 19.3 Å². The van der Waals surface area contributed by atoms with Gasteiger partial charge in [0.2, 0.25) is 0 Å². The second kappa shape index (κ2) is 4.44. The average molecular weight is 307 g/mol. The van der Waals surface area contributed by atoms with Crippen LogP contribution >= 0.6 is 0 Å². The molecule has 23 heavy (non-hydrogen) atoms. The van der Waals surface area contributed by atoms with Gasteiger partial charge in [-0.15, -0.1) is 0 Å². The minimum absolute atomic E-state index is 0.801. The van der Waals surface area contributed by atoms with Gasteiger partial charge in [0, 0.05) is 6.42 Å². The first-order chi connectivity index (χ1) is 11.3. The molecule has 0 aliphatic heterocycles. The SMILES string of the molecule is CCC1C(CCC#N)C2CC1C1C3CC(C4C5C=CC(C5)C34)C21. The largest absolute Gasteiger partial charge is 0.198 e. The van der Waals surface area contributed by atoms with E-state index in [4.69, 9.17) is 5.26 Å². The Labute approximate surface area is 140 Å². The molecule has 122 valence electrons. The zero-order valence-corrected chi connectivity index (χ0v) is 14.3. The summed E-state index contributed by atoms with van der Waals surface area (Å²) in [6, 6.07) is 2.44. The number of rotatable bonds is 3. The van der Waals surface area contributed by atoms with Gasteiger partial charge in [-0.1, -0.05) is 25.5 Å². The quantitative estimate of drug-likeness (QED) is 0.537. The second-order valence-corrected chi connectivity index (χ2v) is 9.82. The number of hydrogen-bond acceptors (Lipinski definition) is 1. The first-order valence-corrected chi connectivity index (χ1v) is 10.4. The second-order valence-electron chi connectivity index (χ2n) is 9.82. The summed E-state index contributed by atoms with van der Waals surface area (Å²) in [4.78, 5) is 0. The van der Waals surface area contributed by atoms with Crippen molar-refractivity contribution in [1.82, 2.24) is 0 Å². The fraction of sp³-hybridized carbons (Fsp3) is 0.864. The summed E-state index contributed by atoms with van der Waals surface area (Å²) in [5.41, 5.74) is 0. The molecule has 1 nitrogen and oxygen atoms in total. The van der Waals surface area contributed by atoms with Crippen molar-refractivity contribution in [3.63, 3.8) is 0 Å². The van der Waals surface area contributed by atoms with E-state index < -0.39 is 0 Å². The number of nitrogens with zero attached hydrogens (tertiary/aromatic N) is 1. The van der Waals surface area contributed by atoms with Crippen molar-refractivity contribution in [2.24, 2.45) is 71.0 Å². The molecule has 0 aromatic heterocycles. The highest BCUT2D eigenvalue weighted by molar-refractivity contribution is 5.25. The maximum Gasteiger partial charge on any atom is 0.0621 e. The Hall–Kier alpha value is -0.770. The molecular weight excluding hydrogens is 278 g/mol. The molecule has 0 saturated heterocycles. The van der Waals surface area contributed by atoms with Crippen LogP contribution in [0.2, 0.25) is 0 Å². The topological polar surface area (TPSA) is 23.8 Å². The molecule has 0 heterocycles. The summed E-state index contributed by atoms with van der Waals surface area (Å²) in [7, 11) is 0. The Morgan fingerprint density at radius 1 is 0.826 bits per heavy atom. The van der Waals surface area contributed by atoms with Gasteiger partial charge in [0.15, 0.2) is 0 Å². The summed E-state index contributed by atoms with van der Waals surface area (Å²) in [6.45, 7) is 2.43. The molecule has 6 aliphatic rings. The summed E-state index contributed by atoms with van der Waals surface area (Å²) in [5, 5.41) is 9.09. The fourth-order valence-electron chi connectivity index (χ4n) is 9.79. The van der Waals surface area contributed by atoms with Crippen molar-refractivity contribution in [1.29, 1.82) is 5.26 Å². The van der Waals surface area contributed by atoms with Crippen LogP contribution in [0.5, 0.6) is 0 Å². The Balaban J connectivity index is 1.35. The van der Waals surface area contributed by atoms with Crippen LogP contribution in [0, 0.1) is 82.3 Å². The molecule has 0 radical (unpaired) electrons. The number of allylic oxidation sites excluding steroid dienone is 2. The number of nitriles is 1. The van der Waals surface area contributed by atoms with Crippen LogP contribution in [-0.4, -0.2) is 0 Å². The number of fused-ring (bicyclic) bond motifs is 16. The maximum absolute atomic E-state index is 9.09. The molecule has 6 rings (SSSR count). The van der Waals surface area contributed by atoms with Crippen molar-refractivity contribution < 1.29 is 0 Å². The van der Waals surface area contributed by atoms with Crippen LogP contribution < -0.4 is 0 Å². The zero-order valence-electron chi connectivity index (χ0n) is 14.3. The Morgan fingerprint density at radius 2 is 1.43 bits per heavy atom. The van der Waals surface area contributed by atoms with Gasteiger partial charge >= 0.3 is 0 Å². The van der Waals surface area contributed by atoms with Crippen molar-refractivity contribution in [2.45, 2.75) is 45.4 Å². The first-order valence-electron chi connectivity index (χ1n) is 10.4. The molecule has 0 aromatic carbocycles. The van der Waals surface area contributed by atoms with Gasteiger partial charge in [0.05, 0.1) is 6.07 Å². The van der Waals surface area contributed by atoms with Gasteiger partial charge in [-0.2, -0.15) is 5.26 Å². The van der Waals surface area contributed by atoms with Crippen molar-refractivity contribution in [3.8, 4) is 6.07 Å². The molecule has 0 amide bonds. The summed E-state index contributed by atoms with van der Waals surface area (Å²) in [5.74, 6) is 12.3. The summed E-state index contributed by atoms with van der Waals surface area (Å²) in [6.07, 6.45) is 13.2. The molecule has 5 saturated carbocycles. The Kier molecular flexibility index (Phi) is 2.61. The lowest BCUT2D eigenvalue weighted by molar-refractivity contribution is -0.00254. The minimum Gasteiger partial charge on any atom is -0.198 e. The lowest BCUT2D eigenvalue weighted by Gasteiger charge is -2.48. The molecule has 0 spiro atoms. The highest BCUT2D eigenvalue weighted by Gasteiger charge is 2.72. The molecule has 1 heteroatoms. The van der Waals surface area contributed by atoms with E-state index in [1.54, 1.807) is 12.8 Å². The number of hydrogen-bond donors (Lipinski definition) is 0. The molecule has 12 atom stereocenters. The van der Waals surface area contributed by atoms with Gasteiger partial charge < -0.3 is 0 Å². The lowest BCUT2D eigenvalue weighted by atomic mass is 9.56. The Morgan fingerprint density at radius 3 is 2.04 bits per heavy atom. The molecule has 12 unspecified atom stereocenters. The highest BCUT2D eigenvalue weighted by Crippen LogP contribution is 2.77. The van der Waals surface area contributed by atoms with Gasteiger partial charge in [-0.05, 0) is 96.7 Å². The van der Waals surface area contributed by atoms with E-state index in [0.29, 0.717) is 0 Å². The van der Waals surface area contributed by atoms with E-state index >= 15 is 0 Å². The third-order valence-corrected chi connectivity index (χ3v) is 9.79. The monoisotopic (exact) mass is 307 g/mol. The van der Waals surface area contributed by atoms with Gasteiger partial charge in [-0.25, -0.2) is 0 Å². The third kappa shape index (κ3) is 1.42. The van der Waals surface area contributed by atoms with Gasteiger partial charge in [0.25, 0.3) is 0 Å². The van der Waals surface area contributed by atoms with Gasteiger partial charge in [-0.3, -0.25) is 0 Å². The van der Waals surface area contributed by atoms with Crippen LogP contribution in [-0.2, 0) is 0 Å². The molecule has 0 aromatic rings. The molecule has 5 fully saturated rings. The van der Waals surface area contributed by atoms with Crippen molar-refractivity contribution >= 4 is 0 Å². The van der Waals surface area contributed by atoms with Crippen molar-refractivity contribution in [3.05, 3.63) is 12.2 Å². The molecular formula is C22H29N. The van der Waals surface area contributed by atoms with Crippen LogP contribution in [0.25, 0.3) is 0 Å². The smallest absolute Gasteiger partial charge is 0.0621 e. The van der Waals surface area contributed by atoms with E-state index in [-0.39, 0.29) is 0 Å². The van der Waals surface area contributed by atoms with E-state index in [9.17, 15) is 0 Å². The normalized spacial score (nSPS) is 62.8. The van der Waals surface area contributed by atoms with Crippen LogP contribution in [0.4, 0.5) is 0 Å². The maximum atomic E-state index is 9.09. The van der Waals surface area contributed by atoms with E-state index in [0.717, 1.165) is 77.4 Å². The molecule has 6 bridgehead atoms. The van der Waals surface area contributed by atoms with Crippen LogP contribution in [0.3, 0.4) is 0 Å². The van der Waals surface area contributed by atoms with Crippen LogP contribution in [0.1, 0.15) is 45.4 Å². The van der Waals surface area contributed by atoms with Crippen molar-refractivity contribution in [2.75, 3.05) is 0 Å². The first kappa shape index (κ1) is 13.5. The van der Waals surface area contributed by atoms with E-state index in [2.05, 4.69) is 25.1 Å². The molecule has 0 N–H and O–H groups in total. The molecule has 6 aliphatic carbocycles. The predicted octanol–water partition coefficient (Wildman–Crippen LogP) is 4.90. The highest BCUT2D eigenvalue weighted by atomic mass is 14.8. The van der Waals surface area contributed by atoms with Crippen LogP contribution in [0.15, 0.2) is 12.2 Å². The fourth-order valence-corrected chi connectivity index (χ4v) is 9.79. The summed E-state index contributed by atoms with van der Waals surface area (Å²) >= 11 is 0. The Bertz CT molecular complexity index is 600. The predicted molar refractivity (Wildman–Crippen MR) is 90.0 cm³/mol. The zero-order chi connectivity index (χ0) is 15.3.